The molecule has 3 aromatic heterocycles. The first-order valence-corrected chi connectivity index (χ1v) is 11.9. The lowest BCUT2D eigenvalue weighted by molar-refractivity contribution is 0.262. The van der Waals surface area contributed by atoms with Crippen molar-refractivity contribution in [1.82, 2.24) is 34.7 Å². The van der Waals surface area contributed by atoms with Gasteiger partial charge < -0.3 is 10.2 Å². The minimum atomic E-state index is -0.390. The highest BCUT2D eigenvalue weighted by Gasteiger charge is 2.22. The van der Waals surface area contributed by atoms with Crippen molar-refractivity contribution in [2.45, 2.75) is 46.1 Å². The molecular formula is C27H27N7O3. The smallest absolute Gasteiger partial charge is 0.252 e. The van der Waals surface area contributed by atoms with E-state index in [1.807, 2.05) is 53.2 Å². The number of fused-ring (bicyclic) bond motifs is 1. The molecular weight excluding hydrogens is 470 g/mol. The van der Waals surface area contributed by atoms with Gasteiger partial charge in [0.25, 0.3) is 5.56 Å². The molecule has 0 aliphatic carbocycles. The van der Waals surface area contributed by atoms with Crippen molar-refractivity contribution in [3.63, 3.8) is 0 Å². The largest absolute Gasteiger partial charge is 0.390 e. The third-order valence-electron chi connectivity index (χ3n) is 6.13. The first kappa shape index (κ1) is 24.4. The fourth-order valence-electron chi connectivity index (χ4n) is 4.33. The summed E-state index contributed by atoms with van der Waals surface area (Å²) >= 11 is 0. The van der Waals surface area contributed by atoms with Crippen LogP contribution in [-0.4, -0.2) is 45.0 Å². The van der Waals surface area contributed by atoms with Crippen LogP contribution in [0.1, 0.15) is 37.9 Å². The molecule has 3 heterocycles. The maximum Gasteiger partial charge on any atom is 0.252 e. The Morgan fingerprint density at radius 3 is 2.27 bits per heavy atom. The molecule has 0 saturated heterocycles. The average molecular weight is 498 g/mol. The van der Waals surface area contributed by atoms with Crippen molar-refractivity contribution < 1.29 is 10.2 Å². The van der Waals surface area contributed by atoms with Gasteiger partial charge in [-0.3, -0.25) is 9.36 Å². The van der Waals surface area contributed by atoms with Crippen LogP contribution in [0.3, 0.4) is 0 Å². The number of hydrogen-bond donors (Lipinski definition) is 2. The van der Waals surface area contributed by atoms with Gasteiger partial charge in [-0.2, -0.15) is 0 Å². The molecule has 37 heavy (non-hydrogen) atoms. The minimum absolute atomic E-state index is 0.153. The zero-order valence-corrected chi connectivity index (χ0v) is 20.8. The van der Waals surface area contributed by atoms with Gasteiger partial charge in [-0.05, 0) is 54.0 Å². The molecule has 2 aromatic carbocycles. The predicted molar refractivity (Wildman–Crippen MR) is 138 cm³/mol. The monoisotopic (exact) mass is 497 g/mol. The van der Waals surface area contributed by atoms with E-state index in [0.29, 0.717) is 22.6 Å². The first-order valence-electron chi connectivity index (χ1n) is 11.9. The number of aliphatic hydroxyl groups excluding tert-OH is 2. The standard InChI is InChI=1S/C27H27N7O3/c1-27(2,3)34-26(30-31-32-34)20-7-5-4-6-19(20)18-10-8-17(9-11-18)14-33-24(37)13-12-21-22(15-35)28-23(16-36)29-25(21)33/h4-13,35-36H,14-16H2,1-3H3. The number of tetrazole rings is 1. The van der Waals surface area contributed by atoms with E-state index in [4.69, 9.17) is 0 Å². The maximum absolute atomic E-state index is 12.8. The number of aliphatic hydroxyl groups is 2. The summed E-state index contributed by atoms with van der Waals surface area (Å²) in [4.78, 5) is 21.3. The summed E-state index contributed by atoms with van der Waals surface area (Å²) in [6, 6.07) is 19.0. The van der Waals surface area contributed by atoms with Crippen molar-refractivity contribution in [3.8, 4) is 22.5 Å². The van der Waals surface area contributed by atoms with Crippen LogP contribution < -0.4 is 5.56 Å². The molecule has 0 aliphatic rings. The van der Waals surface area contributed by atoms with Crippen molar-refractivity contribution in [2.75, 3.05) is 0 Å². The molecule has 5 rings (SSSR count). The summed E-state index contributed by atoms with van der Waals surface area (Å²) in [5.41, 5.74) is 4.02. The van der Waals surface area contributed by atoms with E-state index in [1.54, 1.807) is 6.07 Å². The molecule has 0 spiro atoms. The summed E-state index contributed by atoms with van der Waals surface area (Å²) < 4.78 is 3.34. The average Bonchev–Trinajstić information content (AvgIpc) is 3.41. The highest BCUT2D eigenvalue weighted by molar-refractivity contribution is 5.81. The number of benzene rings is 2. The van der Waals surface area contributed by atoms with Crippen LogP contribution in [0.4, 0.5) is 0 Å². The number of pyridine rings is 1. The molecule has 0 fully saturated rings. The summed E-state index contributed by atoms with van der Waals surface area (Å²) in [6.07, 6.45) is 0. The van der Waals surface area contributed by atoms with Gasteiger partial charge in [0, 0.05) is 17.0 Å². The van der Waals surface area contributed by atoms with Gasteiger partial charge >= 0.3 is 0 Å². The van der Waals surface area contributed by atoms with Crippen LogP contribution in [0, 0.1) is 0 Å². The molecule has 2 N–H and O–H groups in total. The Labute approximate surface area is 212 Å². The molecule has 5 aromatic rings. The Morgan fingerprint density at radius 2 is 1.59 bits per heavy atom. The van der Waals surface area contributed by atoms with Crippen LogP contribution in [0.15, 0.2) is 65.5 Å². The van der Waals surface area contributed by atoms with E-state index in [2.05, 4.69) is 46.3 Å². The molecule has 0 amide bonds. The lowest BCUT2D eigenvalue weighted by Gasteiger charge is -2.21. The number of nitrogens with zero attached hydrogens (tertiary/aromatic N) is 7. The van der Waals surface area contributed by atoms with Crippen LogP contribution >= 0.6 is 0 Å². The SMILES string of the molecule is CC(C)(C)n1nnnc1-c1ccccc1-c1ccc(Cn2c(=O)ccc3c(CO)nc(CO)nc32)cc1. The zero-order valence-electron chi connectivity index (χ0n) is 20.8. The Hall–Kier alpha value is -4.28. The quantitative estimate of drug-likeness (QED) is 0.366. The Morgan fingerprint density at radius 1 is 0.865 bits per heavy atom. The lowest BCUT2D eigenvalue weighted by atomic mass is 9.97. The van der Waals surface area contributed by atoms with Gasteiger partial charge in [-0.15, -0.1) is 5.10 Å². The second-order valence-corrected chi connectivity index (χ2v) is 9.73. The number of rotatable bonds is 6. The van der Waals surface area contributed by atoms with Gasteiger partial charge in [0.2, 0.25) is 0 Å². The molecule has 0 unspecified atom stereocenters. The molecule has 0 atom stereocenters. The van der Waals surface area contributed by atoms with E-state index < -0.39 is 6.61 Å². The fraction of sp³-hybridized carbons (Fsp3) is 0.259. The summed E-state index contributed by atoms with van der Waals surface area (Å²) in [7, 11) is 0. The number of hydrogen-bond acceptors (Lipinski definition) is 8. The molecule has 0 saturated carbocycles. The molecule has 188 valence electrons. The van der Waals surface area contributed by atoms with Gasteiger partial charge in [-0.1, -0.05) is 48.5 Å². The van der Waals surface area contributed by atoms with Crippen molar-refractivity contribution in [1.29, 1.82) is 0 Å². The van der Waals surface area contributed by atoms with Crippen LogP contribution in [0.2, 0.25) is 0 Å². The van der Waals surface area contributed by atoms with Gasteiger partial charge in [0.15, 0.2) is 11.6 Å². The molecule has 0 radical (unpaired) electrons. The van der Waals surface area contributed by atoms with Crippen molar-refractivity contribution >= 4 is 11.0 Å². The zero-order chi connectivity index (χ0) is 26.2. The summed E-state index contributed by atoms with van der Waals surface area (Å²) in [6.45, 7) is 5.72. The van der Waals surface area contributed by atoms with E-state index in [9.17, 15) is 15.0 Å². The normalized spacial score (nSPS) is 11.8. The maximum atomic E-state index is 12.8. The lowest BCUT2D eigenvalue weighted by Crippen LogP contribution is -2.24. The number of aromatic nitrogens is 7. The van der Waals surface area contributed by atoms with Crippen LogP contribution in [-0.2, 0) is 25.3 Å². The molecule has 10 nitrogen and oxygen atoms in total. The van der Waals surface area contributed by atoms with Gasteiger partial charge in [-0.25, -0.2) is 14.6 Å². The Kier molecular flexibility index (Phi) is 6.36. The van der Waals surface area contributed by atoms with Gasteiger partial charge in [0.05, 0.1) is 24.4 Å². The van der Waals surface area contributed by atoms with E-state index in [0.717, 1.165) is 22.3 Å². The van der Waals surface area contributed by atoms with Crippen molar-refractivity contribution in [3.05, 3.63) is 88.1 Å². The second-order valence-electron chi connectivity index (χ2n) is 9.73. The fourth-order valence-corrected chi connectivity index (χ4v) is 4.33. The third kappa shape index (κ3) is 4.64. The van der Waals surface area contributed by atoms with Gasteiger partial charge in [0.1, 0.15) is 12.3 Å². The Balaban J connectivity index is 1.53. The highest BCUT2D eigenvalue weighted by Crippen LogP contribution is 2.32. The molecule has 0 aliphatic heterocycles. The third-order valence-corrected chi connectivity index (χ3v) is 6.13. The van der Waals surface area contributed by atoms with E-state index in [1.165, 1.54) is 10.6 Å². The van der Waals surface area contributed by atoms with Crippen molar-refractivity contribution in [2.24, 2.45) is 0 Å². The van der Waals surface area contributed by atoms with Crippen LogP contribution in [0.25, 0.3) is 33.5 Å². The van der Waals surface area contributed by atoms with E-state index in [-0.39, 0.29) is 30.1 Å². The summed E-state index contributed by atoms with van der Waals surface area (Å²) in [5.74, 6) is 0.842. The molecule has 10 heteroatoms. The summed E-state index contributed by atoms with van der Waals surface area (Å²) in [5, 5.41) is 32.2. The van der Waals surface area contributed by atoms with E-state index >= 15 is 0 Å². The Bertz CT molecular complexity index is 1630. The molecule has 0 bridgehead atoms. The first-order chi connectivity index (χ1) is 17.8. The minimum Gasteiger partial charge on any atom is -0.390 e. The second kappa shape index (κ2) is 9.64. The predicted octanol–water partition coefficient (Wildman–Crippen LogP) is 2.90. The topological polar surface area (TPSA) is 132 Å². The van der Waals surface area contributed by atoms with Crippen LogP contribution in [0.5, 0.6) is 0 Å². The highest BCUT2D eigenvalue weighted by atomic mass is 16.3.